The molecule has 0 bridgehead atoms. The Morgan fingerprint density at radius 1 is 1.20 bits per heavy atom. The lowest BCUT2D eigenvalue weighted by molar-refractivity contribution is 0.0396. The first-order chi connectivity index (χ1) is 14.1. The lowest BCUT2D eigenvalue weighted by Gasteiger charge is -2.40. The summed E-state index contributed by atoms with van der Waals surface area (Å²) in [5, 5.41) is 7.08. The summed E-state index contributed by atoms with van der Waals surface area (Å²) in [6, 6.07) is 12.7. The first-order valence-corrected chi connectivity index (χ1v) is 10.5. The number of benzene rings is 1. The molecule has 1 unspecified atom stereocenters. The number of aliphatic imine (C=N–C) groups is 1. The van der Waals surface area contributed by atoms with Gasteiger partial charge in [-0.15, -0.1) is 24.0 Å². The van der Waals surface area contributed by atoms with Gasteiger partial charge in [0.15, 0.2) is 5.96 Å². The average molecular weight is 521 g/mol. The van der Waals surface area contributed by atoms with Crippen LogP contribution in [0.3, 0.4) is 0 Å². The van der Waals surface area contributed by atoms with Gasteiger partial charge >= 0.3 is 0 Å². The largest absolute Gasteiger partial charge is 0.487 e. The van der Waals surface area contributed by atoms with E-state index >= 15 is 0 Å². The first kappa shape index (κ1) is 22.7. The van der Waals surface area contributed by atoms with Crippen molar-refractivity contribution < 1.29 is 4.74 Å². The molecule has 1 atom stereocenters. The van der Waals surface area contributed by atoms with Crippen molar-refractivity contribution in [3.8, 4) is 5.75 Å². The summed E-state index contributed by atoms with van der Waals surface area (Å²) in [4.78, 5) is 10.9. The van der Waals surface area contributed by atoms with Gasteiger partial charge in [-0.05, 0) is 43.4 Å². The van der Waals surface area contributed by atoms with Gasteiger partial charge in [-0.3, -0.25) is 4.99 Å². The number of rotatable bonds is 4. The van der Waals surface area contributed by atoms with Gasteiger partial charge in [0.1, 0.15) is 17.2 Å². The van der Waals surface area contributed by atoms with Crippen LogP contribution < -0.4 is 20.3 Å². The zero-order chi connectivity index (χ0) is 20.3. The molecule has 0 amide bonds. The van der Waals surface area contributed by atoms with E-state index in [1.165, 1.54) is 18.4 Å². The second-order valence-electron chi connectivity index (χ2n) is 8.28. The van der Waals surface area contributed by atoms with Crippen LogP contribution in [-0.2, 0) is 6.54 Å². The van der Waals surface area contributed by atoms with E-state index < -0.39 is 0 Å². The summed E-state index contributed by atoms with van der Waals surface area (Å²) in [7, 11) is 5.81. The van der Waals surface area contributed by atoms with Crippen LogP contribution in [0.15, 0.2) is 47.6 Å². The van der Waals surface area contributed by atoms with Crippen molar-refractivity contribution in [3.63, 3.8) is 0 Å². The van der Waals surface area contributed by atoms with E-state index in [0.29, 0.717) is 6.54 Å². The summed E-state index contributed by atoms with van der Waals surface area (Å²) < 4.78 is 6.47. The third-order valence-corrected chi connectivity index (χ3v) is 5.97. The highest BCUT2D eigenvalue weighted by Gasteiger charge is 2.43. The summed E-state index contributed by atoms with van der Waals surface area (Å²) >= 11 is 0. The highest BCUT2D eigenvalue weighted by molar-refractivity contribution is 14.0. The molecule has 1 fully saturated rings. The number of anilines is 1. The monoisotopic (exact) mass is 521 g/mol. The van der Waals surface area contributed by atoms with Crippen molar-refractivity contribution >= 4 is 35.8 Å². The maximum Gasteiger partial charge on any atom is 0.191 e. The van der Waals surface area contributed by atoms with E-state index in [1.807, 2.05) is 38.3 Å². The van der Waals surface area contributed by atoms with Gasteiger partial charge in [-0.2, -0.15) is 0 Å². The Hall–Kier alpha value is -2.03. The number of hydrogen-bond acceptors (Lipinski definition) is 4. The minimum atomic E-state index is -0.0310. The maximum atomic E-state index is 6.47. The SMILES string of the molecule is CN=C(NCc1ccc(N(C)C)nc1)NC1CC2(CCCC2)Oc2ccccc21.I. The molecule has 0 saturated heterocycles. The molecule has 7 heteroatoms. The molecule has 1 aromatic carbocycles. The van der Waals surface area contributed by atoms with Crippen LogP contribution >= 0.6 is 24.0 Å². The number of fused-ring (bicyclic) bond motifs is 1. The highest BCUT2D eigenvalue weighted by Crippen LogP contribution is 2.46. The molecule has 1 aromatic heterocycles. The molecule has 6 nitrogen and oxygen atoms in total. The number of nitrogens with one attached hydrogen (secondary N) is 2. The predicted molar refractivity (Wildman–Crippen MR) is 133 cm³/mol. The van der Waals surface area contributed by atoms with Crippen LogP contribution in [0.5, 0.6) is 5.75 Å². The maximum absolute atomic E-state index is 6.47. The smallest absolute Gasteiger partial charge is 0.191 e. The Labute approximate surface area is 196 Å². The number of guanidine groups is 1. The summed E-state index contributed by atoms with van der Waals surface area (Å²) in [5.74, 6) is 2.77. The van der Waals surface area contributed by atoms with E-state index in [9.17, 15) is 0 Å². The third-order valence-electron chi connectivity index (χ3n) is 5.97. The quantitative estimate of drug-likeness (QED) is 0.358. The predicted octanol–water partition coefficient (Wildman–Crippen LogP) is 4.27. The van der Waals surface area contributed by atoms with Crippen LogP contribution in [0.1, 0.15) is 49.3 Å². The minimum absolute atomic E-state index is 0. The lowest BCUT2D eigenvalue weighted by atomic mass is 9.86. The topological polar surface area (TPSA) is 61.8 Å². The summed E-state index contributed by atoms with van der Waals surface area (Å²) in [6.45, 7) is 0.677. The van der Waals surface area contributed by atoms with Crippen molar-refractivity contribution in [2.45, 2.75) is 50.3 Å². The normalized spacial score (nSPS) is 19.4. The first-order valence-electron chi connectivity index (χ1n) is 10.5. The molecule has 1 saturated carbocycles. The number of halogens is 1. The molecule has 30 heavy (non-hydrogen) atoms. The zero-order valence-electron chi connectivity index (χ0n) is 18.0. The molecule has 0 radical (unpaired) electrons. The molecule has 4 rings (SSSR count). The Balaban J connectivity index is 0.00000256. The van der Waals surface area contributed by atoms with E-state index in [1.54, 1.807) is 0 Å². The summed E-state index contributed by atoms with van der Waals surface area (Å²) in [6.07, 6.45) is 7.65. The second kappa shape index (κ2) is 9.85. The number of para-hydroxylation sites is 1. The molecular formula is C23H32IN5O. The van der Waals surface area contributed by atoms with E-state index in [0.717, 1.165) is 42.4 Å². The Morgan fingerprint density at radius 2 is 1.97 bits per heavy atom. The van der Waals surface area contributed by atoms with Crippen molar-refractivity contribution in [3.05, 3.63) is 53.7 Å². The lowest BCUT2D eigenvalue weighted by Crippen LogP contribution is -2.46. The minimum Gasteiger partial charge on any atom is -0.487 e. The molecule has 1 aliphatic heterocycles. The Bertz CT molecular complexity index is 862. The average Bonchev–Trinajstić information content (AvgIpc) is 3.18. The van der Waals surface area contributed by atoms with E-state index in [2.05, 4.69) is 50.9 Å². The van der Waals surface area contributed by atoms with Gasteiger partial charge in [0, 0.05) is 45.9 Å². The number of nitrogens with zero attached hydrogens (tertiary/aromatic N) is 3. The van der Waals surface area contributed by atoms with Gasteiger partial charge in [0.05, 0.1) is 6.04 Å². The zero-order valence-corrected chi connectivity index (χ0v) is 20.3. The fourth-order valence-electron chi connectivity index (χ4n) is 4.40. The number of aromatic nitrogens is 1. The van der Waals surface area contributed by atoms with Crippen molar-refractivity contribution in [2.24, 2.45) is 4.99 Å². The van der Waals surface area contributed by atoms with E-state index in [4.69, 9.17) is 4.74 Å². The van der Waals surface area contributed by atoms with Gasteiger partial charge in [0.2, 0.25) is 0 Å². The molecule has 162 valence electrons. The second-order valence-corrected chi connectivity index (χ2v) is 8.28. The number of pyridine rings is 1. The standard InChI is InChI=1S/C23H31N5O.HI/c1-24-22(26-16-17-10-11-21(25-15-17)28(2)3)27-19-14-23(12-6-7-13-23)29-20-9-5-4-8-18(19)20;/h4-5,8-11,15,19H,6-7,12-14,16H2,1-3H3,(H2,24,26,27);1H. The third kappa shape index (κ3) is 4.99. The summed E-state index contributed by atoms with van der Waals surface area (Å²) in [5.41, 5.74) is 2.31. The fraction of sp³-hybridized carbons (Fsp3) is 0.478. The van der Waals surface area contributed by atoms with Gasteiger partial charge in [-0.1, -0.05) is 24.3 Å². The molecule has 2 N–H and O–H groups in total. The molecular weight excluding hydrogens is 489 g/mol. The molecule has 2 heterocycles. The van der Waals surface area contributed by atoms with Gasteiger partial charge < -0.3 is 20.3 Å². The Morgan fingerprint density at radius 3 is 2.63 bits per heavy atom. The van der Waals surface area contributed by atoms with Crippen molar-refractivity contribution in [1.29, 1.82) is 0 Å². The van der Waals surface area contributed by atoms with Crippen LogP contribution in [0, 0.1) is 0 Å². The molecule has 1 aliphatic carbocycles. The molecule has 1 spiro atoms. The van der Waals surface area contributed by atoms with Crippen LogP contribution in [0.25, 0.3) is 0 Å². The Kier molecular flexibility index (Phi) is 7.44. The number of hydrogen-bond donors (Lipinski definition) is 2. The molecule has 2 aromatic rings. The van der Waals surface area contributed by atoms with Crippen molar-refractivity contribution in [1.82, 2.24) is 15.6 Å². The highest BCUT2D eigenvalue weighted by atomic mass is 127. The van der Waals surface area contributed by atoms with Gasteiger partial charge in [-0.25, -0.2) is 4.98 Å². The van der Waals surface area contributed by atoms with Crippen molar-refractivity contribution in [2.75, 3.05) is 26.0 Å². The van der Waals surface area contributed by atoms with Crippen LogP contribution in [0.2, 0.25) is 0 Å². The fourth-order valence-corrected chi connectivity index (χ4v) is 4.40. The van der Waals surface area contributed by atoms with Crippen LogP contribution in [0.4, 0.5) is 5.82 Å². The molecule has 2 aliphatic rings. The van der Waals surface area contributed by atoms with E-state index in [-0.39, 0.29) is 35.6 Å². The van der Waals surface area contributed by atoms with Crippen LogP contribution in [-0.4, -0.2) is 37.7 Å². The number of ether oxygens (including phenoxy) is 1. The van der Waals surface area contributed by atoms with Gasteiger partial charge in [0.25, 0.3) is 0 Å².